The first-order valence-electron chi connectivity index (χ1n) is 6.11. The molecule has 20 heavy (non-hydrogen) atoms. The largest absolute Gasteiger partial charge is 0.464 e. The van der Waals surface area contributed by atoms with Crippen LogP contribution in [0.1, 0.15) is 29.9 Å². The zero-order valence-corrected chi connectivity index (χ0v) is 10.4. The molecule has 2 heterocycles. The Kier molecular flexibility index (Phi) is 2.79. The van der Waals surface area contributed by atoms with Gasteiger partial charge in [0.05, 0.1) is 17.7 Å². The fourth-order valence-corrected chi connectivity index (χ4v) is 2.44. The van der Waals surface area contributed by atoms with Crippen LogP contribution in [-0.2, 0) is 9.59 Å². The van der Waals surface area contributed by atoms with E-state index in [1.807, 2.05) is 0 Å². The molecule has 5 heteroatoms. The van der Waals surface area contributed by atoms with Crippen molar-refractivity contribution in [1.82, 2.24) is 5.32 Å². The fourth-order valence-electron chi connectivity index (χ4n) is 2.44. The molecule has 2 aromatic rings. The normalized spacial score (nSPS) is 18.9. The van der Waals surface area contributed by atoms with Gasteiger partial charge in [0, 0.05) is 17.4 Å². The Balaban J connectivity index is 2.09. The van der Waals surface area contributed by atoms with Crippen LogP contribution in [0.3, 0.4) is 0 Å². The number of halogens is 1. The van der Waals surface area contributed by atoms with Crippen LogP contribution >= 0.6 is 0 Å². The molecule has 1 saturated heterocycles. The number of terminal acetylenes is 1. The minimum atomic E-state index is -0.532. The predicted molar refractivity (Wildman–Crippen MR) is 69.2 cm³/mol. The zero-order chi connectivity index (χ0) is 14.3. The van der Waals surface area contributed by atoms with Gasteiger partial charge in [-0.2, -0.15) is 0 Å². The van der Waals surface area contributed by atoms with Crippen molar-refractivity contribution in [1.29, 1.82) is 0 Å². The lowest BCUT2D eigenvalue weighted by Gasteiger charge is -2.19. The average molecular weight is 271 g/mol. The maximum atomic E-state index is 13.8. The minimum Gasteiger partial charge on any atom is -0.464 e. The van der Waals surface area contributed by atoms with Crippen LogP contribution in [0.25, 0.3) is 11.0 Å². The lowest BCUT2D eigenvalue weighted by molar-refractivity contribution is -0.134. The third-order valence-corrected chi connectivity index (χ3v) is 3.46. The second-order valence-corrected chi connectivity index (χ2v) is 4.67. The van der Waals surface area contributed by atoms with E-state index in [1.165, 1.54) is 18.4 Å². The van der Waals surface area contributed by atoms with E-state index < -0.39 is 11.7 Å². The van der Waals surface area contributed by atoms with E-state index in [9.17, 15) is 14.0 Å². The number of fused-ring (bicyclic) bond motifs is 1. The van der Waals surface area contributed by atoms with Crippen molar-refractivity contribution in [3.05, 3.63) is 35.3 Å². The van der Waals surface area contributed by atoms with Crippen molar-refractivity contribution in [2.24, 2.45) is 0 Å². The van der Waals surface area contributed by atoms with Gasteiger partial charge in [0.15, 0.2) is 0 Å². The smallest absolute Gasteiger partial charge is 0.234 e. The predicted octanol–water partition coefficient (Wildman–Crippen LogP) is 2.07. The number of carbonyl (C=O) groups excluding carboxylic acids is 2. The lowest BCUT2D eigenvalue weighted by atomic mass is 9.90. The molecule has 1 aromatic carbocycles. The number of hydrogen-bond acceptors (Lipinski definition) is 3. The molecule has 4 nitrogen and oxygen atoms in total. The Hall–Kier alpha value is -2.61. The van der Waals surface area contributed by atoms with Gasteiger partial charge in [0.2, 0.25) is 11.8 Å². The monoisotopic (exact) mass is 271 g/mol. The molecular weight excluding hydrogens is 261 g/mol. The molecule has 1 N–H and O–H groups in total. The van der Waals surface area contributed by atoms with Crippen molar-refractivity contribution in [3.8, 4) is 12.3 Å². The molecule has 0 aliphatic carbocycles. The summed E-state index contributed by atoms with van der Waals surface area (Å²) in [5, 5.41) is 2.78. The molecule has 1 aliphatic heterocycles. The van der Waals surface area contributed by atoms with Crippen LogP contribution in [0.5, 0.6) is 0 Å². The number of rotatable bonds is 1. The van der Waals surface area contributed by atoms with Crippen molar-refractivity contribution < 1.29 is 18.4 Å². The van der Waals surface area contributed by atoms with Crippen molar-refractivity contribution in [3.63, 3.8) is 0 Å². The molecule has 1 aliphatic rings. The van der Waals surface area contributed by atoms with Gasteiger partial charge in [-0.15, -0.1) is 6.42 Å². The molecule has 1 atom stereocenters. The van der Waals surface area contributed by atoms with E-state index in [1.54, 1.807) is 0 Å². The molecule has 0 radical (unpaired) electrons. The summed E-state index contributed by atoms with van der Waals surface area (Å²) in [6.07, 6.45) is 7.26. The van der Waals surface area contributed by atoms with E-state index >= 15 is 0 Å². The average Bonchev–Trinajstić information content (AvgIpc) is 2.80. The Labute approximate surface area is 113 Å². The molecule has 0 spiro atoms. The summed E-state index contributed by atoms with van der Waals surface area (Å²) in [4.78, 5) is 23.0. The summed E-state index contributed by atoms with van der Waals surface area (Å²) in [5.74, 6) is 0.514. The van der Waals surface area contributed by atoms with Crippen molar-refractivity contribution in [2.45, 2.75) is 18.8 Å². The summed E-state index contributed by atoms with van der Waals surface area (Å²) in [6.45, 7) is 0. The quantitative estimate of drug-likeness (QED) is 0.638. The highest BCUT2D eigenvalue weighted by Crippen LogP contribution is 2.33. The number of carbonyl (C=O) groups is 2. The minimum absolute atomic E-state index is 0.113. The first-order valence-corrected chi connectivity index (χ1v) is 6.11. The Morgan fingerprint density at radius 3 is 2.90 bits per heavy atom. The number of hydrogen-bond donors (Lipinski definition) is 1. The number of benzene rings is 1. The Bertz CT molecular complexity index is 769. The third kappa shape index (κ3) is 1.86. The van der Waals surface area contributed by atoms with Gasteiger partial charge in [-0.25, -0.2) is 4.39 Å². The number of furan rings is 1. The van der Waals surface area contributed by atoms with Gasteiger partial charge < -0.3 is 4.42 Å². The highest BCUT2D eigenvalue weighted by atomic mass is 19.1. The lowest BCUT2D eigenvalue weighted by Crippen LogP contribution is -2.39. The van der Waals surface area contributed by atoms with Crippen LogP contribution in [0.2, 0.25) is 0 Å². The van der Waals surface area contributed by atoms with Crippen LogP contribution in [0, 0.1) is 18.2 Å². The van der Waals surface area contributed by atoms with Crippen molar-refractivity contribution >= 4 is 22.8 Å². The first-order chi connectivity index (χ1) is 9.60. The number of nitrogens with one attached hydrogen (secondary N) is 1. The molecule has 0 saturated carbocycles. The van der Waals surface area contributed by atoms with Gasteiger partial charge in [-0.1, -0.05) is 5.92 Å². The van der Waals surface area contributed by atoms with Crippen molar-refractivity contribution in [2.75, 3.05) is 0 Å². The molecule has 1 aromatic heterocycles. The van der Waals surface area contributed by atoms with E-state index in [2.05, 4.69) is 11.2 Å². The van der Waals surface area contributed by atoms with Gasteiger partial charge in [-0.05, 0) is 18.6 Å². The molecular formula is C15H10FNO3. The summed E-state index contributed by atoms with van der Waals surface area (Å²) in [7, 11) is 0. The van der Waals surface area contributed by atoms with Gasteiger partial charge in [0.25, 0.3) is 0 Å². The topological polar surface area (TPSA) is 59.3 Å². The van der Waals surface area contributed by atoms with Crippen LogP contribution in [-0.4, -0.2) is 11.8 Å². The molecule has 100 valence electrons. The summed E-state index contributed by atoms with van der Waals surface area (Å²) in [5.41, 5.74) is 1.12. The van der Waals surface area contributed by atoms with Crippen LogP contribution in [0.15, 0.2) is 22.8 Å². The van der Waals surface area contributed by atoms with Gasteiger partial charge in [0.1, 0.15) is 11.4 Å². The summed E-state index contributed by atoms with van der Waals surface area (Å²) in [6, 6.07) is 2.70. The summed E-state index contributed by atoms with van der Waals surface area (Å²) < 4.78 is 19.1. The molecule has 1 fully saturated rings. The van der Waals surface area contributed by atoms with Gasteiger partial charge >= 0.3 is 0 Å². The molecule has 1 unspecified atom stereocenters. The molecule has 2 amide bonds. The van der Waals surface area contributed by atoms with E-state index in [-0.39, 0.29) is 23.8 Å². The standard InChI is InChI=1S/C15H10FNO3/c1-2-8-5-13-10(6-12(8)16)11(7-20-13)9-3-4-14(18)17-15(9)19/h1,5-7,9H,3-4H2,(H,17,18,19). The zero-order valence-electron chi connectivity index (χ0n) is 10.4. The van der Waals surface area contributed by atoms with Gasteiger partial charge in [-0.3, -0.25) is 14.9 Å². The highest BCUT2D eigenvalue weighted by Gasteiger charge is 2.30. The van der Waals surface area contributed by atoms with E-state index in [4.69, 9.17) is 10.8 Å². The SMILES string of the molecule is C#Cc1cc2occ(C3CCC(=O)NC3=O)c2cc1F. The molecule has 3 rings (SSSR count). The van der Waals surface area contributed by atoms with Crippen LogP contribution < -0.4 is 5.32 Å². The second-order valence-electron chi connectivity index (χ2n) is 4.67. The van der Waals surface area contributed by atoms with Crippen LogP contribution in [0.4, 0.5) is 4.39 Å². The third-order valence-electron chi connectivity index (χ3n) is 3.46. The highest BCUT2D eigenvalue weighted by molar-refractivity contribution is 6.02. The van der Waals surface area contributed by atoms with E-state index in [0.29, 0.717) is 23.0 Å². The fraction of sp³-hybridized carbons (Fsp3) is 0.200. The molecule has 0 bridgehead atoms. The Morgan fingerprint density at radius 2 is 2.20 bits per heavy atom. The van der Waals surface area contributed by atoms with E-state index in [0.717, 1.165) is 0 Å². The Morgan fingerprint density at radius 1 is 1.40 bits per heavy atom. The number of amides is 2. The maximum absolute atomic E-state index is 13.8. The number of piperidine rings is 1. The summed E-state index contributed by atoms with van der Waals surface area (Å²) >= 11 is 0. The number of imide groups is 1. The second kappa shape index (κ2) is 4.49. The maximum Gasteiger partial charge on any atom is 0.234 e. The first kappa shape index (κ1) is 12.4.